The number of benzene rings is 2. The molecule has 2 rings (SSSR count). The molecule has 0 aliphatic heterocycles. The number of nitrogens with zero attached hydrogens (tertiary/aromatic N) is 1. The number of nitrogens with two attached hydrogens (primary N) is 1. The van der Waals surface area contributed by atoms with Crippen molar-refractivity contribution in [3.05, 3.63) is 52.3 Å². The van der Waals surface area contributed by atoms with Gasteiger partial charge in [-0.05, 0) is 36.4 Å². The predicted molar refractivity (Wildman–Crippen MR) is 73.0 cm³/mol. The van der Waals surface area contributed by atoms with E-state index < -0.39 is 5.82 Å². The van der Waals surface area contributed by atoms with Gasteiger partial charge in [0.15, 0.2) is 0 Å². The summed E-state index contributed by atoms with van der Waals surface area (Å²) < 4.78 is 14.4. The quantitative estimate of drug-likeness (QED) is 0.830. The number of halogens is 2. The van der Waals surface area contributed by atoms with Gasteiger partial charge in [-0.15, -0.1) is 0 Å². The fourth-order valence-corrected chi connectivity index (χ4v) is 1.86. The molecule has 0 aliphatic rings. The highest BCUT2D eigenvalue weighted by molar-refractivity contribution is 9.10. The van der Waals surface area contributed by atoms with E-state index in [0.717, 1.165) is 4.47 Å². The molecule has 0 fully saturated rings. The van der Waals surface area contributed by atoms with E-state index in [-0.39, 0.29) is 5.69 Å². The first kappa shape index (κ1) is 12.4. The van der Waals surface area contributed by atoms with Gasteiger partial charge >= 0.3 is 0 Å². The Hall–Kier alpha value is -2.06. The SMILES string of the molecule is N#Cc1ccc(Br)cc1Nc1ccc(N)cc1F. The predicted octanol–water partition coefficient (Wildman–Crippen LogP) is 3.79. The van der Waals surface area contributed by atoms with E-state index in [0.29, 0.717) is 16.9 Å². The van der Waals surface area contributed by atoms with Crippen molar-refractivity contribution < 1.29 is 4.39 Å². The van der Waals surface area contributed by atoms with E-state index >= 15 is 0 Å². The molecule has 0 atom stereocenters. The molecule has 3 N–H and O–H groups in total. The summed E-state index contributed by atoms with van der Waals surface area (Å²) in [7, 11) is 0. The third kappa shape index (κ3) is 2.60. The second-order valence-electron chi connectivity index (χ2n) is 3.67. The number of nitriles is 1. The second kappa shape index (κ2) is 5.07. The highest BCUT2D eigenvalue weighted by Crippen LogP contribution is 2.26. The molecular weight excluding hydrogens is 297 g/mol. The van der Waals surface area contributed by atoms with Crippen LogP contribution in [0.3, 0.4) is 0 Å². The molecule has 5 heteroatoms. The van der Waals surface area contributed by atoms with Crippen molar-refractivity contribution >= 4 is 33.0 Å². The van der Waals surface area contributed by atoms with Crippen LogP contribution in [0.2, 0.25) is 0 Å². The standard InChI is InChI=1S/C13H9BrFN3/c14-9-2-1-8(7-16)13(5-9)18-12-4-3-10(17)6-11(12)15/h1-6,18H,17H2. The molecule has 0 amide bonds. The molecular formula is C13H9BrFN3. The zero-order chi connectivity index (χ0) is 13.1. The Morgan fingerprint density at radius 1 is 1.17 bits per heavy atom. The number of rotatable bonds is 2. The van der Waals surface area contributed by atoms with Crippen LogP contribution in [0.15, 0.2) is 40.9 Å². The van der Waals surface area contributed by atoms with Crippen LogP contribution in [0.25, 0.3) is 0 Å². The van der Waals surface area contributed by atoms with E-state index in [1.165, 1.54) is 12.1 Å². The summed E-state index contributed by atoms with van der Waals surface area (Å²) in [6.45, 7) is 0. The third-order valence-corrected chi connectivity index (χ3v) is 2.86. The normalized spacial score (nSPS) is 9.83. The molecule has 0 heterocycles. The lowest BCUT2D eigenvalue weighted by Crippen LogP contribution is -1.97. The maximum Gasteiger partial charge on any atom is 0.148 e. The molecule has 2 aromatic rings. The molecule has 2 aromatic carbocycles. The van der Waals surface area contributed by atoms with Crippen LogP contribution in [-0.4, -0.2) is 0 Å². The van der Waals surface area contributed by atoms with Gasteiger partial charge in [0.2, 0.25) is 0 Å². The third-order valence-electron chi connectivity index (χ3n) is 2.36. The molecule has 0 aromatic heterocycles. The number of hydrogen-bond donors (Lipinski definition) is 2. The zero-order valence-electron chi connectivity index (χ0n) is 9.24. The molecule has 0 bridgehead atoms. The van der Waals surface area contributed by atoms with Crippen molar-refractivity contribution in [1.29, 1.82) is 5.26 Å². The topological polar surface area (TPSA) is 61.8 Å². The highest BCUT2D eigenvalue weighted by atomic mass is 79.9. The Morgan fingerprint density at radius 2 is 1.94 bits per heavy atom. The van der Waals surface area contributed by atoms with Crippen molar-refractivity contribution in [3.63, 3.8) is 0 Å². The Labute approximate surface area is 112 Å². The average molecular weight is 306 g/mol. The summed E-state index contributed by atoms with van der Waals surface area (Å²) in [6, 6.07) is 11.5. The average Bonchev–Trinajstić information content (AvgIpc) is 2.33. The number of anilines is 3. The van der Waals surface area contributed by atoms with E-state index in [2.05, 4.69) is 21.2 Å². The van der Waals surface area contributed by atoms with Gasteiger partial charge in [-0.1, -0.05) is 15.9 Å². The van der Waals surface area contributed by atoms with Gasteiger partial charge in [0, 0.05) is 10.2 Å². The lowest BCUT2D eigenvalue weighted by atomic mass is 10.2. The Balaban J connectivity index is 2.40. The molecule has 90 valence electrons. The van der Waals surface area contributed by atoms with Crippen LogP contribution in [0.4, 0.5) is 21.5 Å². The first-order chi connectivity index (χ1) is 8.60. The van der Waals surface area contributed by atoms with Gasteiger partial charge in [-0.25, -0.2) is 4.39 Å². The fourth-order valence-electron chi connectivity index (χ4n) is 1.50. The van der Waals surface area contributed by atoms with Gasteiger partial charge < -0.3 is 11.1 Å². The van der Waals surface area contributed by atoms with E-state index in [9.17, 15) is 4.39 Å². The number of nitrogen functional groups attached to an aromatic ring is 1. The molecule has 0 radical (unpaired) electrons. The molecule has 0 aliphatic carbocycles. The maximum atomic E-state index is 13.6. The molecule has 0 spiro atoms. The van der Waals surface area contributed by atoms with Gasteiger partial charge in [0.05, 0.1) is 16.9 Å². The van der Waals surface area contributed by atoms with Crippen molar-refractivity contribution in [3.8, 4) is 6.07 Å². The smallest absolute Gasteiger partial charge is 0.148 e. The molecule has 3 nitrogen and oxygen atoms in total. The molecule has 0 saturated carbocycles. The molecule has 0 saturated heterocycles. The fraction of sp³-hybridized carbons (Fsp3) is 0. The summed E-state index contributed by atoms with van der Waals surface area (Å²) >= 11 is 3.31. The lowest BCUT2D eigenvalue weighted by Gasteiger charge is -2.10. The number of nitrogens with one attached hydrogen (secondary N) is 1. The Bertz CT molecular complexity index is 635. The first-order valence-corrected chi connectivity index (χ1v) is 5.91. The Morgan fingerprint density at radius 3 is 2.61 bits per heavy atom. The minimum atomic E-state index is -0.459. The summed E-state index contributed by atoms with van der Waals surface area (Å²) in [4.78, 5) is 0. The van der Waals surface area contributed by atoms with Crippen LogP contribution in [0.1, 0.15) is 5.56 Å². The van der Waals surface area contributed by atoms with E-state index in [1.807, 2.05) is 6.07 Å². The minimum Gasteiger partial charge on any atom is -0.399 e. The minimum absolute atomic E-state index is 0.277. The van der Waals surface area contributed by atoms with Crippen LogP contribution in [0.5, 0.6) is 0 Å². The van der Waals surface area contributed by atoms with Crippen LogP contribution < -0.4 is 11.1 Å². The second-order valence-corrected chi connectivity index (χ2v) is 4.58. The van der Waals surface area contributed by atoms with Crippen molar-refractivity contribution in [2.24, 2.45) is 0 Å². The van der Waals surface area contributed by atoms with Crippen LogP contribution >= 0.6 is 15.9 Å². The highest BCUT2D eigenvalue weighted by Gasteiger charge is 2.07. The van der Waals surface area contributed by atoms with Gasteiger partial charge in [-0.2, -0.15) is 5.26 Å². The summed E-state index contributed by atoms with van der Waals surface area (Å²) in [5.74, 6) is -0.459. The largest absolute Gasteiger partial charge is 0.399 e. The van der Waals surface area contributed by atoms with Gasteiger partial charge in [0.25, 0.3) is 0 Å². The maximum absolute atomic E-state index is 13.6. The van der Waals surface area contributed by atoms with Crippen molar-refractivity contribution in [1.82, 2.24) is 0 Å². The van der Waals surface area contributed by atoms with Crippen LogP contribution in [0, 0.1) is 17.1 Å². The van der Waals surface area contributed by atoms with Gasteiger partial charge in [0.1, 0.15) is 11.9 Å². The van der Waals surface area contributed by atoms with Crippen molar-refractivity contribution in [2.75, 3.05) is 11.1 Å². The molecule has 18 heavy (non-hydrogen) atoms. The van der Waals surface area contributed by atoms with Gasteiger partial charge in [-0.3, -0.25) is 0 Å². The van der Waals surface area contributed by atoms with E-state index in [4.69, 9.17) is 11.0 Å². The Kier molecular flexibility index (Phi) is 3.49. The zero-order valence-corrected chi connectivity index (χ0v) is 10.8. The van der Waals surface area contributed by atoms with Crippen molar-refractivity contribution in [2.45, 2.75) is 0 Å². The molecule has 0 unspecified atom stereocenters. The lowest BCUT2D eigenvalue weighted by molar-refractivity contribution is 0.632. The summed E-state index contributed by atoms with van der Waals surface area (Å²) in [5.41, 5.74) is 7.08. The first-order valence-electron chi connectivity index (χ1n) is 5.12. The van der Waals surface area contributed by atoms with Crippen LogP contribution in [-0.2, 0) is 0 Å². The summed E-state index contributed by atoms with van der Waals surface area (Å²) in [5, 5.41) is 11.9. The monoisotopic (exact) mass is 305 g/mol. The van der Waals surface area contributed by atoms with E-state index in [1.54, 1.807) is 24.3 Å². The summed E-state index contributed by atoms with van der Waals surface area (Å²) in [6.07, 6.45) is 0. The number of hydrogen-bond acceptors (Lipinski definition) is 3.